The molecule has 0 atom stereocenters. The van der Waals surface area contributed by atoms with Crippen LogP contribution in [-0.4, -0.2) is 62.0 Å². The predicted molar refractivity (Wildman–Crippen MR) is 159 cm³/mol. The monoisotopic (exact) mass is 567 g/mol. The van der Waals surface area contributed by atoms with Gasteiger partial charge in [-0.3, -0.25) is 18.5 Å². The van der Waals surface area contributed by atoms with Crippen LogP contribution in [-0.2, 0) is 20.6 Å². The van der Waals surface area contributed by atoms with Gasteiger partial charge in [0, 0.05) is 45.3 Å². The van der Waals surface area contributed by atoms with Gasteiger partial charge in [-0.1, -0.05) is 41.4 Å². The van der Waals surface area contributed by atoms with E-state index in [0.29, 0.717) is 71.4 Å². The number of ether oxygens (including phenoxy) is 1. The Bertz CT molecular complexity index is 1690. The van der Waals surface area contributed by atoms with Crippen molar-refractivity contribution in [2.75, 3.05) is 43.5 Å². The van der Waals surface area contributed by atoms with Crippen molar-refractivity contribution in [1.29, 1.82) is 0 Å². The highest BCUT2D eigenvalue weighted by atomic mass is 35.5. The van der Waals surface area contributed by atoms with Gasteiger partial charge in [0.1, 0.15) is 5.75 Å². The molecule has 10 nitrogen and oxygen atoms in total. The van der Waals surface area contributed by atoms with E-state index in [1.165, 1.54) is 11.6 Å². The number of hydrogen-bond donors (Lipinski definition) is 1. The molecule has 0 unspecified atom stereocenters. The van der Waals surface area contributed by atoms with Crippen LogP contribution in [0.1, 0.15) is 11.1 Å². The van der Waals surface area contributed by atoms with Crippen molar-refractivity contribution in [3.8, 4) is 5.75 Å². The van der Waals surface area contributed by atoms with Gasteiger partial charge in [-0.25, -0.2) is 4.79 Å². The third-order valence-corrected chi connectivity index (χ3v) is 7.60. The number of thiocarbonyl (C=S) groups is 1. The van der Waals surface area contributed by atoms with Crippen molar-refractivity contribution in [2.24, 2.45) is 14.1 Å². The lowest BCUT2D eigenvalue weighted by Crippen LogP contribution is -2.50. The Balaban J connectivity index is 1.44. The summed E-state index contributed by atoms with van der Waals surface area (Å²) in [4.78, 5) is 35.0. The highest BCUT2D eigenvalue weighted by Gasteiger charge is 2.27. The summed E-state index contributed by atoms with van der Waals surface area (Å²) in [7, 11) is 4.74. The average Bonchev–Trinajstić information content (AvgIpc) is 3.30. The zero-order valence-electron chi connectivity index (χ0n) is 22.3. The first-order valence-electron chi connectivity index (χ1n) is 12.5. The fraction of sp³-hybridized carbons (Fsp3) is 0.333. The molecule has 1 saturated heterocycles. The molecular formula is C27H30ClN7O3S. The average molecular weight is 568 g/mol. The largest absolute Gasteiger partial charge is 0.495 e. The fourth-order valence-corrected chi connectivity index (χ4v) is 5.37. The Kier molecular flexibility index (Phi) is 7.37. The molecule has 5 rings (SSSR count). The van der Waals surface area contributed by atoms with E-state index in [9.17, 15) is 9.59 Å². The highest BCUT2D eigenvalue weighted by molar-refractivity contribution is 7.80. The van der Waals surface area contributed by atoms with E-state index in [2.05, 4.69) is 21.2 Å². The summed E-state index contributed by atoms with van der Waals surface area (Å²) >= 11 is 11.9. The maximum Gasteiger partial charge on any atom is 0.332 e. The van der Waals surface area contributed by atoms with Gasteiger partial charge in [0.2, 0.25) is 5.95 Å². The molecule has 1 aliphatic rings. The molecule has 0 spiro atoms. The molecule has 0 radical (unpaired) electrons. The number of benzene rings is 2. The van der Waals surface area contributed by atoms with E-state index in [1.54, 1.807) is 32.4 Å². The van der Waals surface area contributed by atoms with Gasteiger partial charge in [-0.15, -0.1) is 0 Å². The van der Waals surface area contributed by atoms with Crippen molar-refractivity contribution in [2.45, 2.75) is 13.5 Å². The maximum atomic E-state index is 13.3. The molecule has 1 fully saturated rings. The Morgan fingerprint density at radius 1 is 1.08 bits per heavy atom. The van der Waals surface area contributed by atoms with Crippen LogP contribution < -0.4 is 26.2 Å². The number of nitrogens with one attached hydrogen (secondary N) is 1. The molecular weight excluding hydrogens is 538 g/mol. The van der Waals surface area contributed by atoms with E-state index in [0.717, 1.165) is 15.7 Å². The number of hydrogen-bond acceptors (Lipinski definition) is 6. The molecule has 1 N–H and O–H groups in total. The first kappa shape index (κ1) is 26.8. The fourth-order valence-electron chi connectivity index (χ4n) is 4.90. The SMILES string of the molecule is COc1ccc(Cl)cc1NC(=S)N1CCN(c2nc3c(c(=O)n(C)c(=O)n3C)n2Cc2cccc(C)c2)CC1. The van der Waals surface area contributed by atoms with Gasteiger partial charge in [0.15, 0.2) is 16.3 Å². The number of aryl methyl sites for hydroxylation is 2. The Labute approximate surface area is 236 Å². The maximum absolute atomic E-state index is 13.3. The zero-order chi connectivity index (χ0) is 27.8. The number of anilines is 2. The van der Waals surface area contributed by atoms with Gasteiger partial charge >= 0.3 is 5.69 Å². The number of imidazole rings is 1. The third kappa shape index (κ3) is 5.11. The second kappa shape index (κ2) is 10.7. The van der Waals surface area contributed by atoms with Gasteiger partial charge in [0.25, 0.3) is 5.56 Å². The molecule has 0 amide bonds. The summed E-state index contributed by atoms with van der Waals surface area (Å²) < 4.78 is 9.92. The minimum absolute atomic E-state index is 0.362. The molecule has 12 heteroatoms. The second-order valence-corrected chi connectivity index (χ2v) is 10.4. The summed E-state index contributed by atoms with van der Waals surface area (Å²) in [6, 6.07) is 13.5. The van der Waals surface area contributed by atoms with Gasteiger partial charge in [-0.2, -0.15) is 4.98 Å². The van der Waals surface area contributed by atoms with Crippen molar-refractivity contribution >= 4 is 51.7 Å². The van der Waals surface area contributed by atoms with E-state index >= 15 is 0 Å². The minimum atomic E-state index is -0.406. The molecule has 204 valence electrons. The number of nitrogens with zero attached hydrogens (tertiary/aromatic N) is 6. The normalized spacial score (nSPS) is 13.7. The number of piperazine rings is 1. The quantitative estimate of drug-likeness (QED) is 0.368. The van der Waals surface area contributed by atoms with Crippen LogP contribution in [0.15, 0.2) is 52.1 Å². The van der Waals surface area contributed by atoms with Crippen LogP contribution in [0, 0.1) is 6.92 Å². The van der Waals surface area contributed by atoms with Gasteiger partial charge < -0.3 is 19.9 Å². The molecule has 4 aromatic rings. The van der Waals surface area contributed by atoms with Crippen LogP contribution in [0.2, 0.25) is 5.02 Å². The van der Waals surface area contributed by atoms with Crippen molar-refractivity contribution in [3.63, 3.8) is 0 Å². The van der Waals surface area contributed by atoms with E-state index < -0.39 is 5.69 Å². The molecule has 0 aliphatic carbocycles. The van der Waals surface area contributed by atoms with E-state index in [1.807, 2.05) is 29.7 Å². The van der Waals surface area contributed by atoms with Crippen molar-refractivity contribution in [3.05, 3.63) is 79.5 Å². The molecule has 39 heavy (non-hydrogen) atoms. The summed E-state index contributed by atoms with van der Waals surface area (Å²) in [5.74, 6) is 1.30. The molecule has 2 aromatic heterocycles. The van der Waals surface area contributed by atoms with Crippen LogP contribution in [0.4, 0.5) is 11.6 Å². The Morgan fingerprint density at radius 3 is 2.51 bits per heavy atom. The minimum Gasteiger partial charge on any atom is -0.495 e. The second-order valence-electron chi connectivity index (χ2n) is 9.61. The van der Waals surface area contributed by atoms with Crippen molar-refractivity contribution in [1.82, 2.24) is 23.6 Å². The summed E-state index contributed by atoms with van der Waals surface area (Å²) in [5.41, 5.74) is 2.89. The number of fused-ring (bicyclic) bond motifs is 1. The third-order valence-electron chi connectivity index (χ3n) is 7.00. The lowest BCUT2D eigenvalue weighted by atomic mass is 10.1. The zero-order valence-corrected chi connectivity index (χ0v) is 23.8. The first-order valence-corrected chi connectivity index (χ1v) is 13.3. The number of methoxy groups -OCH3 is 1. The molecule has 0 bridgehead atoms. The summed E-state index contributed by atoms with van der Waals surface area (Å²) in [6.45, 7) is 5.02. The highest BCUT2D eigenvalue weighted by Crippen LogP contribution is 2.28. The van der Waals surface area contributed by atoms with Crippen LogP contribution in [0.25, 0.3) is 11.2 Å². The Hall–Kier alpha value is -3.83. The number of rotatable bonds is 5. The van der Waals surface area contributed by atoms with E-state index in [4.69, 9.17) is 33.5 Å². The van der Waals surface area contributed by atoms with E-state index in [-0.39, 0.29) is 5.56 Å². The van der Waals surface area contributed by atoms with Gasteiger partial charge in [-0.05, 0) is 42.9 Å². The molecule has 2 aromatic carbocycles. The topological polar surface area (TPSA) is 89.6 Å². The molecule has 3 heterocycles. The van der Waals surface area contributed by atoms with Gasteiger partial charge in [0.05, 0.1) is 19.3 Å². The smallest absolute Gasteiger partial charge is 0.332 e. The van der Waals surface area contributed by atoms with Crippen LogP contribution in [0.5, 0.6) is 5.75 Å². The summed E-state index contributed by atoms with van der Waals surface area (Å²) in [6.07, 6.45) is 0. The summed E-state index contributed by atoms with van der Waals surface area (Å²) in [5, 5.41) is 4.40. The predicted octanol–water partition coefficient (Wildman–Crippen LogP) is 2.97. The first-order chi connectivity index (χ1) is 18.7. The number of aromatic nitrogens is 4. The van der Waals surface area contributed by atoms with Crippen LogP contribution >= 0.6 is 23.8 Å². The molecule has 0 saturated carbocycles. The lowest BCUT2D eigenvalue weighted by Gasteiger charge is -2.37. The Morgan fingerprint density at radius 2 is 1.82 bits per heavy atom. The van der Waals surface area contributed by atoms with Crippen LogP contribution in [0.3, 0.4) is 0 Å². The standard InChI is InChI=1S/C27H30ClN7O3S/c1-17-6-5-7-18(14-17)16-35-22-23(31(2)27(37)32(3)24(22)36)30-25(35)33-10-12-34(13-11-33)26(39)29-20-15-19(28)8-9-21(20)38-4/h5-9,14-15H,10-13,16H2,1-4H3,(H,29,39). The lowest BCUT2D eigenvalue weighted by molar-refractivity contribution is 0.386. The molecule has 1 aliphatic heterocycles. The van der Waals surface area contributed by atoms with Crippen molar-refractivity contribution < 1.29 is 4.74 Å². The number of halogens is 1.